The first kappa shape index (κ1) is 16.3. The maximum atomic E-state index is 12.3. The zero-order chi connectivity index (χ0) is 17.1. The van der Waals surface area contributed by atoms with Crippen molar-refractivity contribution >= 4 is 17.7 Å². The molecule has 0 saturated heterocycles. The molecule has 0 heterocycles. The van der Waals surface area contributed by atoms with Crippen molar-refractivity contribution in [3.05, 3.63) is 82.9 Å². The van der Waals surface area contributed by atoms with Crippen LogP contribution in [0.2, 0.25) is 0 Å². The first-order chi connectivity index (χ1) is 11.5. The number of carbonyl (C=O) groups excluding carboxylic acids is 1. The number of carbonyl (C=O) groups is 1. The van der Waals surface area contributed by atoms with E-state index in [1.54, 1.807) is 0 Å². The van der Waals surface area contributed by atoms with Crippen LogP contribution in [0.5, 0.6) is 0 Å². The highest BCUT2D eigenvalue weighted by molar-refractivity contribution is 5.99. The largest absolute Gasteiger partial charge is 0.322 e. The Hall–Kier alpha value is -2.61. The Morgan fingerprint density at radius 2 is 1.58 bits per heavy atom. The molecule has 1 N–H and O–H groups in total. The molecule has 0 unspecified atom stereocenters. The summed E-state index contributed by atoms with van der Waals surface area (Å²) in [6, 6.07) is 15.9. The molecule has 1 saturated carbocycles. The van der Waals surface area contributed by atoms with Gasteiger partial charge in [0, 0.05) is 11.3 Å². The van der Waals surface area contributed by atoms with Gasteiger partial charge < -0.3 is 5.32 Å². The fourth-order valence-electron chi connectivity index (χ4n) is 2.53. The van der Waals surface area contributed by atoms with Crippen molar-refractivity contribution in [1.82, 2.24) is 5.32 Å². The van der Waals surface area contributed by atoms with E-state index in [4.69, 9.17) is 0 Å². The van der Waals surface area contributed by atoms with Gasteiger partial charge >= 0.3 is 0 Å². The van der Waals surface area contributed by atoms with E-state index in [1.807, 2.05) is 36.4 Å². The minimum absolute atomic E-state index is 0.125. The van der Waals surface area contributed by atoms with Crippen molar-refractivity contribution in [3.63, 3.8) is 0 Å². The average molecular weight is 317 g/mol. The zero-order valence-corrected chi connectivity index (χ0v) is 14.3. The summed E-state index contributed by atoms with van der Waals surface area (Å²) < 4.78 is 0. The molecule has 0 aliphatic heterocycles. The van der Waals surface area contributed by atoms with Gasteiger partial charge in [0.2, 0.25) is 0 Å². The minimum atomic E-state index is -0.125. The molecule has 1 fully saturated rings. The Balaban J connectivity index is 1.64. The molecule has 0 bridgehead atoms. The Bertz CT molecular complexity index is 774. The second-order valence-electron chi connectivity index (χ2n) is 6.63. The second kappa shape index (κ2) is 6.88. The van der Waals surface area contributed by atoms with Gasteiger partial charge in [-0.3, -0.25) is 4.79 Å². The maximum absolute atomic E-state index is 12.3. The van der Waals surface area contributed by atoms with Crippen LogP contribution in [0.1, 0.15) is 59.7 Å². The summed E-state index contributed by atoms with van der Waals surface area (Å²) >= 11 is 0. The lowest BCUT2D eigenvalue weighted by molar-refractivity contribution is 0.0974. The minimum Gasteiger partial charge on any atom is -0.322 e. The molecule has 24 heavy (non-hydrogen) atoms. The van der Waals surface area contributed by atoms with Crippen LogP contribution in [0.15, 0.2) is 60.7 Å². The zero-order valence-electron chi connectivity index (χ0n) is 14.3. The molecule has 2 aromatic carbocycles. The van der Waals surface area contributed by atoms with E-state index >= 15 is 0 Å². The van der Waals surface area contributed by atoms with E-state index in [1.165, 1.54) is 29.5 Å². The molecule has 1 aliphatic rings. The van der Waals surface area contributed by atoms with E-state index in [0.29, 0.717) is 17.2 Å². The molecule has 0 aromatic heterocycles. The van der Waals surface area contributed by atoms with Gasteiger partial charge in [0.15, 0.2) is 0 Å². The molecule has 2 aromatic rings. The van der Waals surface area contributed by atoms with Crippen molar-refractivity contribution < 1.29 is 4.79 Å². The van der Waals surface area contributed by atoms with E-state index in [2.05, 4.69) is 44.0 Å². The third kappa shape index (κ3) is 4.02. The van der Waals surface area contributed by atoms with Crippen LogP contribution in [-0.4, -0.2) is 5.91 Å². The van der Waals surface area contributed by atoms with E-state index < -0.39 is 0 Å². The maximum Gasteiger partial charge on any atom is 0.255 e. The fraction of sp³-hybridized carbons (Fsp3) is 0.227. The van der Waals surface area contributed by atoms with Gasteiger partial charge in [-0.1, -0.05) is 68.5 Å². The monoisotopic (exact) mass is 317 g/mol. The first-order valence-electron chi connectivity index (χ1n) is 8.43. The third-order valence-corrected chi connectivity index (χ3v) is 4.27. The molecule has 2 nitrogen and oxygen atoms in total. The Labute approximate surface area is 143 Å². The number of rotatable bonds is 5. The number of hydrogen-bond acceptors (Lipinski definition) is 1. The van der Waals surface area contributed by atoms with E-state index in [-0.39, 0.29) is 5.91 Å². The number of benzene rings is 2. The van der Waals surface area contributed by atoms with Crippen LogP contribution in [0.3, 0.4) is 0 Å². The molecule has 122 valence electrons. The molecular weight excluding hydrogens is 294 g/mol. The van der Waals surface area contributed by atoms with Gasteiger partial charge in [-0.05, 0) is 47.6 Å². The smallest absolute Gasteiger partial charge is 0.255 e. The van der Waals surface area contributed by atoms with Crippen LogP contribution in [0.4, 0.5) is 0 Å². The summed E-state index contributed by atoms with van der Waals surface area (Å²) in [6.45, 7) is 8.27. The summed E-state index contributed by atoms with van der Waals surface area (Å²) in [7, 11) is 0. The lowest BCUT2D eigenvalue weighted by atomic mass is 10.0. The third-order valence-electron chi connectivity index (χ3n) is 4.27. The highest BCUT2D eigenvalue weighted by Crippen LogP contribution is 2.30. The van der Waals surface area contributed by atoms with Crippen LogP contribution in [-0.2, 0) is 0 Å². The van der Waals surface area contributed by atoms with Gasteiger partial charge in [-0.2, -0.15) is 0 Å². The molecular formula is C22H23NO. The Morgan fingerprint density at radius 1 is 1.00 bits per heavy atom. The van der Waals surface area contributed by atoms with Crippen LogP contribution >= 0.6 is 0 Å². The first-order valence-corrected chi connectivity index (χ1v) is 8.43. The SMILES string of the molecule is C=C(NC(=O)c1ccc(C(C)C)cc1)c1ccc(C=C2CC2)cc1. The predicted octanol–water partition coefficient (Wildman–Crippen LogP) is 5.39. The molecule has 1 aliphatic carbocycles. The fourth-order valence-corrected chi connectivity index (χ4v) is 2.53. The van der Waals surface area contributed by atoms with Gasteiger partial charge in [0.05, 0.1) is 0 Å². The van der Waals surface area contributed by atoms with E-state index in [9.17, 15) is 4.79 Å². The summed E-state index contributed by atoms with van der Waals surface area (Å²) in [5, 5.41) is 2.88. The average Bonchev–Trinajstić information content (AvgIpc) is 3.39. The number of amides is 1. The Morgan fingerprint density at radius 3 is 2.12 bits per heavy atom. The number of hydrogen-bond donors (Lipinski definition) is 1. The quantitative estimate of drug-likeness (QED) is 0.787. The van der Waals surface area contributed by atoms with Crippen LogP contribution < -0.4 is 5.32 Å². The topological polar surface area (TPSA) is 29.1 Å². The lowest BCUT2D eigenvalue weighted by Crippen LogP contribution is -2.21. The van der Waals surface area contributed by atoms with E-state index in [0.717, 1.165) is 5.56 Å². The number of nitrogens with one attached hydrogen (secondary N) is 1. The highest BCUT2D eigenvalue weighted by atomic mass is 16.1. The van der Waals surface area contributed by atoms with Crippen molar-refractivity contribution in [3.8, 4) is 0 Å². The molecule has 2 heteroatoms. The van der Waals surface area contributed by atoms with Gasteiger partial charge in [-0.25, -0.2) is 0 Å². The van der Waals surface area contributed by atoms with Gasteiger partial charge in [0.1, 0.15) is 0 Å². The summed E-state index contributed by atoms with van der Waals surface area (Å²) in [6.07, 6.45) is 4.67. The summed E-state index contributed by atoms with van der Waals surface area (Å²) in [4.78, 5) is 12.3. The lowest BCUT2D eigenvalue weighted by Gasteiger charge is -2.10. The van der Waals surface area contributed by atoms with Crippen LogP contribution in [0.25, 0.3) is 11.8 Å². The van der Waals surface area contributed by atoms with Crippen molar-refractivity contribution in [2.24, 2.45) is 0 Å². The predicted molar refractivity (Wildman–Crippen MR) is 101 cm³/mol. The van der Waals surface area contributed by atoms with Crippen molar-refractivity contribution in [2.75, 3.05) is 0 Å². The van der Waals surface area contributed by atoms with Gasteiger partial charge in [0.25, 0.3) is 5.91 Å². The molecule has 0 atom stereocenters. The Kier molecular flexibility index (Phi) is 4.66. The van der Waals surface area contributed by atoms with Crippen molar-refractivity contribution in [1.29, 1.82) is 0 Å². The molecule has 0 radical (unpaired) electrons. The standard InChI is InChI=1S/C22H23NO/c1-15(2)19-10-12-21(13-11-19)22(24)23-16(3)20-8-6-18(7-9-20)14-17-4-5-17/h6-15H,3-5H2,1-2H3,(H,23,24). The molecule has 0 spiro atoms. The second-order valence-corrected chi connectivity index (χ2v) is 6.63. The van der Waals surface area contributed by atoms with Crippen LogP contribution in [0, 0.1) is 0 Å². The molecule has 1 amide bonds. The number of allylic oxidation sites excluding steroid dienone is 1. The highest BCUT2D eigenvalue weighted by Gasteiger charge is 2.11. The summed E-state index contributed by atoms with van der Waals surface area (Å²) in [5.41, 5.74) is 6.13. The normalized spacial score (nSPS) is 12.9. The van der Waals surface area contributed by atoms with Crippen molar-refractivity contribution in [2.45, 2.75) is 32.6 Å². The summed E-state index contributed by atoms with van der Waals surface area (Å²) in [5.74, 6) is 0.334. The van der Waals surface area contributed by atoms with Gasteiger partial charge in [-0.15, -0.1) is 0 Å². The molecule has 3 rings (SSSR count).